The Kier molecular flexibility index (Phi) is 3.51. The van der Waals surface area contributed by atoms with Gasteiger partial charge in [0.25, 0.3) is 0 Å². The van der Waals surface area contributed by atoms with Crippen LogP contribution in [-0.2, 0) is 18.4 Å². The predicted molar refractivity (Wildman–Crippen MR) is 77.5 cm³/mol. The molecule has 5 nitrogen and oxygen atoms in total. The van der Waals surface area contributed by atoms with Crippen LogP contribution in [0.1, 0.15) is 23.2 Å². The molecule has 3 rings (SSSR count). The highest BCUT2D eigenvalue weighted by atomic mass is 16.5. The van der Waals surface area contributed by atoms with E-state index in [1.165, 1.54) is 26.0 Å². The van der Waals surface area contributed by atoms with E-state index in [0.717, 1.165) is 12.0 Å². The van der Waals surface area contributed by atoms with Crippen molar-refractivity contribution in [2.45, 2.75) is 24.9 Å². The minimum atomic E-state index is -1.06. The van der Waals surface area contributed by atoms with Crippen LogP contribution in [-0.4, -0.2) is 29.3 Å². The van der Waals surface area contributed by atoms with Gasteiger partial charge < -0.3 is 14.6 Å². The number of benzene rings is 1. The fraction of sp³-hybridized carbons (Fsp3) is 0.375. The van der Waals surface area contributed by atoms with Crippen molar-refractivity contribution in [2.24, 2.45) is 0 Å². The van der Waals surface area contributed by atoms with E-state index >= 15 is 0 Å². The van der Waals surface area contributed by atoms with Gasteiger partial charge in [-0.3, -0.25) is 0 Å². The van der Waals surface area contributed by atoms with Gasteiger partial charge >= 0.3 is 0 Å². The number of aryl methyl sites for hydroxylation is 1. The van der Waals surface area contributed by atoms with E-state index in [1.54, 1.807) is 0 Å². The predicted octanol–water partition coefficient (Wildman–Crippen LogP) is 1.87. The highest BCUT2D eigenvalue weighted by Crippen LogP contribution is 2.39. The summed E-state index contributed by atoms with van der Waals surface area (Å²) in [6, 6.07) is 8.16. The Morgan fingerprint density at radius 3 is 2.62 bits per heavy atom. The highest BCUT2D eigenvalue weighted by Gasteiger charge is 2.38. The van der Waals surface area contributed by atoms with Crippen molar-refractivity contribution in [1.29, 1.82) is 0 Å². The quantitative estimate of drug-likeness (QED) is 0.933. The molecule has 0 spiro atoms. The standard InChI is InChI=1S/C16H18N2O3/c1-20-13-10-17-14(15(18-13)21-2)16(19)8-7-11-5-3-4-6-12(11)9-16/h3-6,10,19H,7-9H2,1-2H3. The van der Waals surface area contributed by atoms with E-state index in [1.807, 2.05) is 18.2 Å². The lowest BCUT2D eigenvalue weighted by Gasteiger charge is -2.33. The highest BCUT2D eigenvalue weighted by molar-refractivity contribution is 5.37. The number of hydrogen-bond acceptors (Lipinski definition) is 5. The molecular formula is C16H18N2O3. The zero-order valence-corrected chi connectivity index (χ0v) is 12.2. The summed E-state index contributed by atoms with van der Waals surface area (Å²) in [6.07, 6.45) is 3.43. The van der Waals surface area contributed by atoms with E-state index in [2.05, 4.69) is 16.0 Å². The molecule has 1 N–H and O–H groups in total. The molecule has 0 fully saturated rings. The van der Waals surface area contributed by atoms with Crippen molar-refractivity contribution in [3.63, 3.8) is 0 Å². The SMILES string of the molecule is COc1cnc(C2(O)CCc3ccccc3C2)c(OC)n1. The summed E-state index contributed by atoms with van der Waals surface area (Å²) in [5, 5.41) is 11.0. The van der Waals surface area contributed by atoms with E-state index in [-0.39, 0.29) is 0 Å². The molecule has 1 atom stereocenters. The summed E-state index contributed by atoms with van der Waals surface area (Å²) < 4.78 is 10.3. The molecule has 1 aromatic heterocycles. The number of fused-ring (bicyclic) bond motifs is 1. The monoisotopic (exact) mass is 286 g/mol. The molecule has 0 saturated carbocycles. The lowest BCUT2D eigenvalue weighted by atomic mass is 9.78. The van der Waals surface area contributed by atoms with E-state index in [4.69, 9.17) is 9.47 Å². The van der Waals surface area contributed by atoms with Crippen LogP contribution in [0.5, 0.6) is 11.8 Å². The Labute approximate surface area is 123 Å². The van der Waals surface area contributed by atoms with Crippen molar-refractivity contribution in [3.05, 3.63) is 47.3 Å². The van der Waals surface area contributed by atoms with Crippen LogP contribution < -0.4 is 9.47 Å². The van der Waals surface area contributed by atoms with E-state index in [0.29, 0.717) is 30.3 Å². The van der Waals surface area contributed by atoms with Crippen molar-refractivity contribution in [1.82, 2.24) is 9.97 Å². The van der Waals surface area contributed by atoms with Crippen LogP contribution in [0, 0.1) is 0 Å². The van der Waals surface area contributed by atoms with Crippen LogP contribution in [0.15, 0.2) is 30.5 Å². The van der Waals surface area contributed by atoms with Gasteiger partial charge in [-0.25, -0.2) is 4.98 Å². The summed E-state index contributed by atoms with van der Waals surface area (Å²) in [5.41, 5.74) is 1.84. The number of nitrogens with zero attached hydrogens (tertiary/aromatic N) is 2. The van der Waals surface area contributed by atoms with Gasteiger partial charge in [-0.05, 0) is 24.0 Å². The third-order valence-electron chi connectivity index (χ3n) is 3.97. The van der Waals surface area contributed by atoms with Crippen LogP contribution in [0.3, 0.4) is 0 Å². The van der Waals surface area contributed by atoms with E-state index < -0.39 is 5.60 Å². The molecule has 0 aliphatic heterocycles. The average molecular weight is 286 g/mol. The molecule has 5 heteroatoms. The number of hydrogen-bond donors (Lipinski definition) is 1. The number of rotatable bonds is 3. The molecular weight excluding hydrogens is 268 g/mol. The maximum atomic E-state index is 11.0. The number of aliphatic hydroxyl groups is 1. The molecule has 1 heterocycles. The fourth-order valence-corrected chi connectivity index (χ4v) is 2.84. The van der Waals surface area contributed by atoms with Gasteiger partial charge in [-0.1, -0.05) is 24.3 Å². The molecule has 0 amide bonds. The average Bonchev–Trinajstić information content (AvgIpc) is 2.54. The third-order valence-corrected chi connectivity index (χ3v) is 3.97. The minimum Gasteiger partial charge on any atom is -0.480 e. The topological polar surface area (TPSA) is 64.5 Å². The van der Waals surface area contributed by atoms with Crippen molar-refractivity contribution < 1.29 is 14.6 Å². The zero-order valence-electron chi connectivity index (χ0n) is 12.2. The molecule has 0 radical (unpaired) electrons. The molecule has 0 saturated heterocycles. The first kappa shape index (κ1) is 13.8. The fourth-order valence-electron chi connectivity index (χ4n) is 2.84. The summed E-state index contributed by atoms with van der Waals surface area (Å²) in [6.45, 7) is 0. The van der Waals surface area contributed by atoms with E-state index in [9.17, 15) is 5.11 Å². The maximum absolute atomic E-state index is 11.0. The normalized spacial score (nSPS) is 20.7. The first-order valence-electron chi connectivity index (χ1n) is 6.91. The molecule has 110 valence electrons. The molecule has 21 heavy (non-hydrogen) atoms. The molecule has 2 aromatic rings. The second-order valence-corrected chi connectivity index (χ2v) is 5.25. The van der Waals surface area contributed by atoms with Crippen molar-refractivity contribution in [2.75, 3.05) is 14.2 Å². The summed E-state index contributed by atoms with van der Waals surface area (Å²) in [4.78, 5) is 8.55. The largest absolute Gasteiger partial charge is 0.480 e. The Hall–Kier alpha value is -2.14. The smallest absolute Gasteiger partial charge is 0.241 e. The van der Waals surface area contributed by atoms with Crippen LogP contribution in [0.25, 0.3) is 0 Å². The van der Waals surface area contributed by atoms with Crippen LogP contribution in [0.4, 0.5) is 0 Å². The first-order valence-corrected chi connectivity index (χ1v) is 6.91. The Morgan fingerprint density at radius 1 is 1.14 bits per heavy atom. The van der Waals surface area contributed by atoms with Gasteiger partial charge in [0, 0.05) is 6.42 Å². The van der Waals surface area contributed by atoms with Gasteiger partial charge in [0.15, 0.2) is 0 Å². The van der Waals surface area contributed by atoms with Crippen LogP contribution >= 0.6 is 0 Å². The summed E-state index contributed by atoms with van der Waals surface area (Å²) >= 11 is 0. The minimum absolute atomic E-state index is 0.316. The number of aromatic nitrogens is 2. The second-order valence-electron chi connectivity index (χ2n) is 5.25. The summed E-state index contributed by atoms with van der Waals surface area (Å²) in [7, 11) is 3.04. The van der Waals surface area contributed by atoms with Crippen molar-refractivity contribution in [3.8, 4) is 11.8 Å². The molecule has 1 aliphatic carbocycles. The molecule has 0 bridgehead atoms. The van der Waals surface area contributed by atoms with Gasteiger partial charge in [-0.2, -0.15) is 4.98 Å². The second kappa shape index (κ2) is 5.33. The van der Waals surface area contributed by atoms with Gasteiger partial charge in [0.05, 0.1) is 20.4 Å². The number of ether oxygens (including phenoxy) is 2. The van der Waals surface area contributed by atoms with Gasteiger partial charge in [0.1, 0.15) is 11.3 Å². The Bertz CT molecular complexity index is 660. The van der Waals surface area contributed by atoms with Crippen molar-refractivity contribution >= 4 is 0 Å². The molecule has 1 aromatic carbocycles. The maximum Gasteiger partial charge on any atom is 0.241 e. The summed E-state index contributed by atoms with van der Waals surface area (Å²) in [5.74, 6) is 0.687. The van der Waals surface area contributed by atoms with Gasteiger partial charge in [-0.15, -0.1) is 0 Å². The Morgan fingerprint density at radius 2 is 1.90 bits per heavy atom. The molecule has 1 unspecified atom stereocenters. The lowest BCUT2D eigenvalue weighted by molar-refractivity contribution is 0.0147. The zero-order chi connectivity index (χ0) is 14.9. The Balaban J connectivity index is 2.00. The van der Waals surface area contributed by atoms with Gasteiger partial charge in [0.2, 0.25) is 11.8 Å². The van der Waals surface area contributed by atoms with Crippen LogP contribution in [0.2, 0.25) is 0 Å². The lowest BCUT2D eigenvalue weighted by Crippen LogP contribution is -2.34. The molecule has 1 aliphatic rings. The first-order chi connectivity index (χ1) is 10.2. The number of methoxy groups -OCH3 is 2. The third kappa shape index (κ3) is 2.45.